The average Bonchev–Trinajstić information content (AvgIpc) is 1.72. The fourth-order valence-electron chi connectivity index (χ4n) is 7.54. The van der Waals surface area contributed by atoms with E-state index in [0.717, 1.165) is 6.92 Å². The van der Waals surface area contributed by atoms with E-state index < -0.39 is 255 Å². The van der Waals surface area contributed by atoms with Gasteiger partial charge in [0, 0.05) is 24.3 Å². The number of amides is 15. The monoisotopic (exact) mass is 1370 g/mol. The summed E-state index contributed by atoms with van der Waals surface area (Å²) in [6.45, 7) is -0.836. The van der Waals surface area contributed by atoms with Crippen molar-refractivity contribution in [3.8, 4) is 5.75 Å². The van der Waals surface area contributed by atoms with Gasteiger partial charge in [0.2, 0.25) is 88.6 Å². The van der Waals surface area contributed by atoms with Crippen LogP contribution >= 0.6 is 25.3 Å². The first-order valence-electron chi connectivity index (χ1n) is 28.0. The second-order valence-electron chi connectivity index (χ2n) is 20.5. The van der Waals surface area contributed by atoms with Crippen molar-refractivity contribution in [2.24, 2.45) is 17.2 Å². The quantitative estimate of drug-likeness (QED) is 0.0270. The van der Waals surface area contributed by atoms with Crippen molar-refractivity contribution in [2.75, 3.05) is 37.8 Å². The highest BCUT2D eigenvalue weighted by atomic mass is 32.1. The molecular weight excluding hydrogens is 1300 g/mol. The number of carboxylic acid groups (broad SMARTS) is 3. The van der Waals surface area contributed by atoms with E-state index in [1.54, 1.807) is 0 Å². The molecule has 94 heavy (non-hydrogen) atoms. The van der Waals surface area contributed by atoms with E-state index in [-0.39, 0.29) is 12.2 Å². The molecule has 1 rings (SSSR count). The van der Waals surface area contributed by atoms with Crippen LogP contribution in [0.15, 0.2) is 24.3 Å². The highest BCUT2D eigenvalue weighted by molar-refractivity contribution is 7.80. The maximum absolute atomic E-state index is 13.5. The maximum Gasteiger partial charge on any atom is 0.325 e. The number of phenols is 1. The van der Waals surface area contributed by atoms with E-state index in [2.05, 4.69) is 67.8 Å². The number of aliphatic hydroxyl groups is 2. The molecule has 0 aliphatic rings. The van der Waals surface area contributed by atoms with E-state index >= 15 is 0 Å². The zero-order valence-electron chi connectivity index (χ0n) is 50.6. The second-order valence-corrected chi connectivity index (χ2v) is 21.2. The molecule has 0 spiro atoms. The maximum atomic E-state index is 13.5. The van der Waals surface area contributed by atoms with Crippen molar-refractivity contribution < 1.29 is 117 Å². The van der Waals surface area contributed by atoms with Gasteiger partial charge in [-0.1, -0.05) is 12.1 Å². The van der Waals surface area contributed by atoms with Crippen molar-refractivity contribution in [2.45, 2.75) is 138 Å². The number of thiol groups is 2. The van der Waals surface area contributed by atoms with Gasteiger partial charge in [-0.05, 0) is 57.7 Å². The topological polar surface area (TPSA) is 663 Å². The minimum atomic E-state index is -2.11. The second kappa shape index (κ2) is 41.5. The third kappa shape index (κ3) is 30.9. The lowest BCUT2D eigenvalue weighted by Gasteiger charge is -2.25. The Balaban J connectivity index is 3.08. The molecule has 0 saturated heterocycles. The largest absolute Gasteiger partial charge is 0.508 e. The van der Waals surface area contributed by atoms with Crippen LogP contribution in [-0.2, 0) is 92.7 Å². The van der Waals surface area contributed by atoms with E-state index in [9.17, 15) is 112 Å². The van der Waals surface area contributed by atoms with Crippen molar-refractivity contribution in [1.29, 1.82) is 0 Å². The van der Waals surface area contributed by atoms with Gasteiger partial charge in [-0.2, -0.15) is 25.3 Å². The summed E-state index contributed by atoms with van der Waals surface area (Å²) in [4.78, 5) is 228. The van der Waals surface area contributed by atoms with Gasteiger partial charge >= 0.3 is 17.9 Å². The van der Waals surface area contributed by atoms with Crippen molar-refractivity contribution in [3.05, 3.63) is 29.8 Å². The third-order valence-electron chi connectivity index (χ3n) is 12.8. The molecule has 0 aliphatic heterocycles. The van der Waals surface area contributed by atoms with Gasteiger partial charge in [0.05, 0.1) is 45.2 Å². The number of rotatable bonds is 43. The van der Waals surface area contributed by atoms with Crippen LogP contribution in [-0.4, -0.2) is 247 Å². The molecule has 1 aromatic carbocycles. The number of carbonyl (C=O) groups excluding carboxylic acids is 15. The molecule has 0 aliphatic carbocycles. The van der Waals surface area contributed by atoms with Crippen molar-refractivity contribution >= 4 is 132 Å². The van der Waals surface area contributed by atoms with Crippen LogP contribution in [0.2, 0.25) is 0 Å². The van der Waals surface area contributed by atoms with Crippen LogP contribution < -0.4 is 86.3 Å². The minimum Gasteiger partial charge on any atom is -0.508 e. The smallest absolute Gasteiger partial charge is 0.325 e. The normalized spacial score (nSPS) is 14.6. The van der Waals surface area contributed by atoms with Crippen LogP contribution in [0.4, 0.5) is 0 Å². The first-order valence-corrected chi connectivity index (χ1v) is 29.3. The van der Waals surface area contributed by atoms with Gasteiger partial charge in [0.25, 0.3) is 0 Å². The molecule has 0 aromatic heterocycles. The summed E-state index contributed by atoms with van der Waals surface area (Å²) in [5, 5.41) is 84.8. The number of nitrogens with two attached hydrogens (primary N) is 3. The number of carboxylic acids is 3. The Kier molecular flexibility index (Phi) is 36.3. The Morgan fingerprint density at radius 3 is 1.24 bits per heavy atom. The molecule has 1 aromatic rings. The predicted octanol–water partition coefficient (Wildman–Crippen LogP) is -11.7. The van der Waals surface area contributed by atoms with Crippen LogP contribution in [0.3, 0.4) is 0 Å². The molecule has 0 saturated carbocycles. The zero-order valence-corrected chi connectivity index (χ0v) is 52.4. The Labute approximate surface area is 544 Å². The SMILES string of the molecule is C[C@H](NC(=O)[C@H](CO)NC(=O)[C@H](CS)NC(=O)[C@H](CS)NC(=O)CNC(=O)[C@H](CCC(=O)O)NC(=O)[C@H](CC(=O)O)NC(=O)CNC(=O)[C@H](CC(N)=O)NC(=O)[C@H](CO)NC(=O)[C@H](CCC(N)=O)NC(=O)[C@H](C)NC(=O)[C@H](C)NC(=O)[C@@H](N)Cc1ccc(O)cc1)C(=O)O. The summed E-state index contributed by atoms with van der Waals surface area (Å²) in [6, 6.07) is -13.9. The molecule has 0 bridgehead atoms. The lowest BCUT2D eigenvalue weighted by atomic mass is 10.1. The number of carbonyl (C=O) groups is 18. The van der Waals surface area contributed by atoms with E-state index in [0.29, 0.717) is 5.56 Å². The summed E-state index contributed by atoms with van der Waals surface area (Å²) in [7, 11) is 0. The number of primary amides is 2. The lowest BCUT2D eigenvalue weighted by molar-refractivity contribution is -0.142. The predicted molar refractivity (Wildman–Crippen MR) is 325 cm³/mol. The van der Waals surface area contributed by atoms with Gasteiger partial charge in [0.1, 0.15) is 72.2 Å². The molecule has 25 N–H and O–H groups in total. The van der Waals surface area contributed by atoms with Crippen molar-refractivity contribution in [3.63, 3.8) is 0 Å². The Bertz CT molecular complexity index is 2950. The fourth-order valence-corrected chi connectivity index (χ4v) is 8.05. The fraction of sp³-hybridized carbons (Fsp3) is 0.538. The summed E-state index contributed by atoms with van der Waals surface area (Å²) in [5.74, 6) is -22.9. The summed E-state index contributed by atoms with van der Waals surface area (Å²) < 4.78 is 0. The summed E-state index contributed by atoms with van der Waals surface area (Å²) in [6.07, 6.45) is -4.86. The number of benzene rings is 1. The molecule has 0 heterocycles. The Hall–Kier alpha value is -9.94. The molecule has 42 heteroatoms. The molecule has 40 nitrogen and oxygen atoms in total. The molecular formula is C52H78N16O24S2. The molecule has 0 unspecified atom stereocenters. The van der Waals surface area contributed by atoms with Gasteiger partial charge in [-0.3, -0.25) is 86.3 Å². The number of aliphatic hydroxyl groups excluding tert-OH is 2. The highest BCUT2D eigenvalue weighted by Gasteiger charge is 2.35. The number of aliphatic carboxylic acids is 3. The molecule has 0 radical (unpaired) electrons. The molecule has 0 fully saturated rings. The van der Waals surface area contributed by atoms with Crippen molar-refractivity contribution in [1.82, 2.24) is 69.1 Å². The average molecular weight is 1380 g/mol. The number of hydrogen-bond donors (Lipinski definition) is 24. The third-order valence-corrected chi connectivity index (χ3v) is 13.5. The standard InChI is InChI=1S/C52H78N16O24S2/c1-21(59-43(82)26(53)12-24-4-6-25(71)7-5-24)41(80)58-22(2)42(81)63-28(8-10-35(54)72)46(85)66-32(18-70)49(88)65-29(13-36(55)73)45(84)57-15-37(74)61-30(14-40(78)79)47(86)64-27(9-11-39(76)77)44(83)56-16-38(75)62-33(19-93)50(89)68-34(20-94)51(90)67-31(17-69)48(87)60-23(3)52(91)92/h4-7,21-23,26-34,69-71,93-94H,8-20,53H2,1-3H3,(H2,54,72)(H2,55,73)(H,56,83)(H,57,84)(H,58,80)(H,59,82)(H,60,87)(H,61,74)(H,62,75)(H,63,81)(H,64,86)(H,65,88)(H,66,85)(H,67,90)(H,68,89)(H,76,77)(H,78,79)(H,91,92)/t21-,22-,23-,26-,27-,28-,29-,30-,31-,32-,33-,34-/m0/s1. The van der Waals surface area contributed by atoms with Crippen LogP contribution in [0.1, 0.15) is 64.9 Å². The number of hydrogen-bond acceptors (Lipinski definition) is 24. The molecule has 15 amide bonds. The van der Waals surface area contributed by atoms with Gasteiger partial charge in [-0.25, -0.2) is 0 Å². The molecule has 12 atom stereocenters. The van der Waals surface area contributed by atoms with Crippen LogP contribution in [0.25, 0.3) is 0 Å². The lowest BCUT2D eigenvalue weighted by Crippen LogP contribution is -2.60. The van der Waals surface area contributed by atoms with E-state index in [4.69, 9.17) is 22.3 Å². The van der Waals surface area contributed by atoms with Gasteiger partial charge in [0.15, 0.2) is 0 Å². The first kappa shape index (κ1) is 82.1. The minimum absolute atomic E-state index is 0.0188. The zero-order chi connectivity index (χ0) is 71.7. The van der Waals surface area contributed by atoms with Crippen LogP contribution in [0.5, 0.6) is 5.75 Å². The van der Waals surface area contributed by atoms with Gasteiger partial charge < -0.3 is 117 Å². The van der Waals surface area contributed by atoms with E-state index in [1.165, 1.54) is 38.1 Å². The molecule has 522 valence electrons. The van der Waals surface area contributed by atoms with Gasteiger partial charge in [-0.15, -0.1) is 0 Å². The number of aromatic hydroxyl groups is 1. The Morgan fingerprint density at radius 2 is 0.777 bits per heavy atom. The summed E-state index contributed by atoms with van der Waals surface area (Å²) >= 11 is 7.98. The van der Waals surface area contributed by atoms with E-state index in [1.807, 2.05) is 26.6 Å². The Morgan fingerprint density at radius 1 is 0.415 bits per heavy atom. The van der Waals surface area contributed by atoms with Crippen LogP contribution in [0, 0.1) is 0 Å². The summed E-state index contributed by atoms with van der Waals surface area (Å²) in [5.41, 5.74) is 17.1. The first-order chi connectivity index (χ1) is 44.0. The number of phenolic OH excluding ortho intramolecular Hbond substituents is 1. The highest BCUT2D eigenvalue weighted by Crippen LogP contribution is 2.11. The number of nitrogens with one attached hydrogen (secondary N) is 13.